The van der Waals surface area contributed by atoms with Crippen LogP contribution in [-0.2, 0) is 6.18 Å². The van der Waals surface area contributed by atoms with E-state index in [1.807, 2.05) is 0 Å². The molecule has 0 spiro atoms. The van der Waals surface area contributed by atoms with Crippen LogP contribution in [0.15, 0.2) is 24.3 Å². The highest BCUT2D eigenvalue weighted by molar-refractivity contribution is 5.32. The van der Waals surface area contributed by atoms with Gasteiger partial charge in [-0.05, 0) is 49.9 Å². The smallest absolute Gasteiger partial charge is 0.329 e. The summed E-state index contributed by atoms with van der Waals surface area (Å²) in [5, 5.41) is 0. The van der Waals surface area contributed by atoms with E-state index in [1.54, 1.807) is 12.1 Å². The van der Waals surface area contributed by atoms with Gasteiger partial charge in [-0.2, -0.15) is 13.2 Å². The van der Waals surface area contributed by atoms with Crippen LogP contribution in [0.5, 0.6) is 0 Å². The van der Waals surface area contributed by atoms with E-state index in [-0.39, 0.29) is 12.6 Å². The van der Waals surface area contributed by atoms with Crippen molar-refractivity contribution in [3.63, 3.8) is 0 Å². The molecule has 0 aliphatic carbocycles. The van der Waals surface area contributed by atoms with E-state index >= 15 is 0 Å². The van der Waals surface area contributed by atoms with E-state index in [1.165, 1.54) is 6.07 Å². The van der Waals surface area contributed by atoms with Gasteiger partial charge in [0.15, 0.2) is 0 Å². The predicted molar refractivity (Wildman–Crippen MR) is 77.8 cm³/mol. The van der Waals surface area contributed by atoms with Crippen LogP contribution in [0.1, 0.15) is 43.4 Å². The fourth-order valence-corrected chi connectivity index (χ4v) is 3.12. The van der Waals surface area contributed by atoms with Gasteiger partial charge in [0.05, 0.1) is 5.56 Å². The number of halogens is 3. The number of nitrogens with two attached hydrogens (primary N) is 1. The van der Waals surface area contributed by atoms with Crippen LogP contribution in [0, 0.1) is 5.92 Å². The number of rotatable bonds is 3. The van der Waals surface area contributed by atoms with Crippen molar-refractivity contribution in [1.29, 1.82) is 0 Å². The topological polar surface area (TPSA) is 29.3 Å². The van der Waals surface area contributed by atoms with Crippen LogP contribution in [0.25, 0.3) is 0 Å². The molecule has 1 aliphatic rings. The lowest BCUT2D eigenvalue weighted by atomic mass is 9.98. The van der Waals surface area contributed by atoms with Gasteiger partial charge in [-0.25, -0.2) is 0 Å². The van der Waals surface area contributed by atoms with Crippen molar-refractivity contribution in [2.24, 2.45) is 11.7 Å². The fraction of sp³-hybridized carbons (Fsp3) is 0.625. The zero-order chi connectivity index (χ0) is 15.5. The van der Waals surface area contributed by atoms with E-state index < -0.39 is 11.7 Å². The highest BCUT2D eigenvalue weighted by atomic mass is 19.4. The van der Waals surface area contributed by atoms with Gasteiger partial charge in [-0.3, -0.25) is 4.90 Å². The third-order valence-electron chi connectivity index (χ3n) is 4.34. The Bertz CT molecular complexity index is 459. The Morgan fingerprint density at radius 1 is 1.24 bits per heavy atom. The first-order valence-corrected chi connectivity index (χ1v) is 7.53. The Morgan fingerprint density at radius 3 is 2.62 bits per heavy atom. The molecule has 0 amide bonds. The summed E-state index contributed by atoms with van der Waals surface area (Å²) in [5.74, 6) is 0.631. The Hall–Kier alpha value is -1.07. The molecule has 118 valence electrons. The minimum Gasteiger partial charge on any atom is -0.329 e. The van der Waals surface area contributed by atoms with Gasteiger partial charge >= 0.3 is 6.18 Å². The summed E-state index contributed by atoms with van der Waals surface area (Å²) in [6.07, 6.45) is -1.16. The second-order valence-corrected chi connectivity index (χ2v) is 5.91. The molecule has 1 aromatic carbocycles. The summed E-state index contributed by atoms with van der Waals surface area (Å²) in [5.41, 5.74) is 5.57. The van der Waals surface area contributed by atoms with E-state index in [4.69, 9.17) is 5.73 Å². The monoisotopic (exact) mass is 300 g/mol. The van der Waals surface area contributed by atoms with Gasteiger partial charge in [-0.1, -0.05) is 25.1 Å². The molecule has 1 heterocycles. The molecule has 5 heteroatoms. The van der Waals surface area contributed by atoms with E-state index in [9.17, 15) is 13.2 Å². The molecule has 1 aliphatic heterocycles. The molecular formula is C16H23F3N2. The SMILES string of the molecule is CC1CCCN(C(CN)c2ccccc2C(F)(F)F)CC1. The summed E-state index contributed by atoms with van der Waals surface area (Å²) in [6, 6.07) is 5.46. The maximum atomic E-state index is 13.2. The van der Waals surface area contributed by atoms with E-state index in [0.717, 1.165) is 38.4 Å². The lowest BCUT2D eigenvalue weighted by Gasteiger charge is -2.31. The standard InChI is InChI=1S/C16H23F3N2/c1-12-5-4-9-21(10-8-12)15(11-20)13-6-2-3-7-14(13)16(17,18)19/h2-3,6-7,12,15H,4-5,8-11,20H2,1H3. The van der Waals surface area contributed by atoms with Crippen LogP contribution >= 0.6 is 0 Å². The molecule has 1 aromatic rings. The minimum atomic E-state index is -4.33. The zero-order valence-corrected chi connectivity index (χ0v) is 12.4. The van der Waals surface area contributed by atoms with Crippen molar-refractivity contribution >= 4 is 0 Å². The minimum absolute atomic E-state index is 0.210. The molecule has 0 aromatic heterocycles. The molecule has 2 unspecified atom stereocenters. The summed E-state index contributed by atoms with van der Waals surface area (Å²) in [4.78, 5) is 2.12. The fourth-order valence-electron chi connectivity index (χ4n) is 3.12. The maximum absolute atomic E-state index is 13.2. The van der Waals surface area contributed by atoms with E-state index in [0.29, 0.717) is 11.5 Å². The van der Waals surface area contributed by atoms with Gasteiger partial charge in [0, 0.05) is 12.6 Å². The average molecular weight is 300 g/mol. The van der Waals surface area contributed by atoms with Crippen LogP contribution < -0.4 is 5.73 Å². The number of hydrogen-bond acceptors (Lipinski definition) is 2. The summed E-state index contributed by atoms with van der Waals surface area (Å²) in [6.45, 7) is 4.04. The summed E-state index contributed by atoms with van der Waals surface area (Å²) < 4.78 is 39.6. The predicted octanol–water partition coefficient (Wildman–Crippen LogP) is 3.83. The molecule has 2 nitrogen and oxygen atoms in total. The second kappa shape index (κ2) is 6.79. The lowest BCUT2D eigenvalue weighted by molar-refractivity contribution is -0.138. The van der Waals surface area contributed by atoms with Gasteiger partial charge in [0.25, 0.3) is 0 Å². The molecule has 2 rings (SSSR count). The normalized spacial score (nSPS) is 22.8. The largest absolute Gasteiger partial charge is 0.416 e. The molecule has 1 saturated heterocycles. The summed E-state index contributed by atoms with van der Waals surface area (Å²) in [7, 11) is 0. The summed E-state index contributed by atoms with van der Waals surface area (Å²) >= 11 is 0. The van der Waals surface area contributed by atoms with Crippen LogP contribution in [0.3, 0.4) is 0 Å². The number of benzene rings is 1. The van der Waals surface area contributed by atoms with Gasteiger partial charge < -0.3 is 5.73 Å². The first kappa shape index (κ1) is 16.3. The first-order chi connectivity index (χ1) is 9.93. The van der Waals surface area contributed by atoms with Crippen molar-refractivity contribution in [2.45, 2.75) is 38.4 Å². The van der Waals surface area contributed by atoms with Crippen molar-refractivity contribution < 1.29 is 13.2 Å². The van der Waals surface area contributed by atoms with Gasteiger partial charge in [-0.15, -0.1) is 0 Å². The third-order valence-corrected chi connectivity index (χ3v) is 4.34. The number of hydrogen-bond donors (Lipinski definition) is 1. The molecule has 0 saturated carbocycles. The molecule has 21 heavy (non-hydrogen) atoms. The van der Waals surface area contributed by atoms with Gasteiger partial charge in [0.1, 0.15) is 0 Å². The highest BCUT2D eigenvalue weighted by Crippen LogP contribution is 2.36. The Labute approximate surface area is 124 Å². The third kappa shape index (κ3) is 3.98. The Balaban J connectivity index is 2.29. The zero-order valence-electron chi connectivity index (χ0n) is 12.4. The average Bonchev–Trinajstić information content (AvgIpc) is 2.64. The maximum Gasteiger partial charge on any atom is 0.416 e. The van der Waals surface area contributed by atoms with Crippen molar-refractivity contribution in [2.75, 3.05) is 19.6 Å². The van der Waals surface area contributed by atoms with Crippen molar-refractivity contribution in [3.05, 3.63) is 35.4 Å². The number of likely N-dealkylation sites (tertiary alicyclic amines) is 1. The molecule has 0 bridgehead atoms. The first-order valence-electron chi connectivity index (χ1n) is 7.53. The van der Waals surface area contributed by atoms with E-state index in [2.05, 4.69) is 11.8 Å². The highest BCUT2D eigenvalue weighted by Gasteiger charge is 2.36. The van der Waals surface area contributed by atoms with Crippen LogP contribution in [0.4, 0.5) is 13.2 Å². The molecule has 1 fully saturated rings. The van der Waals surface area contributed by atoms with Crippen molar-refractivity contribution in [3.8, 4) is 0 Å². The molecule has 2 N–H and O–H groups in total. The number of alkyl halides is 3. The second-order valence-electron chi connectivity index (χ2n) is 5.91. The number of nitrogens with zero attached hydrogens (tertiary/aromatic N) is 1. The quantitative estimate of drug-likeness (QED) is 0.919. The van der Waals surface area contributed by atoms with Crippen LogP contribution in [0.2, 0.25) is 0 Å². The Kier molecular flexibility index (Phi) is 5.27. The Morgan fingerprint density at radius 2 is 1.95 bits per heavy atom. The van der Waals surface area contributed by atoms with Gasteiger partial charge in [0.2, 0.25) is 0 Å². The lowest BCUT2D eigenvalue weighted by Crippen LogP contribution is -2.35. The van der Waals surface area contributed by atoms with Crippen LogP contribution in [-0.4, -0.2) is 24.5 Å². The molecule has 0 radical (unpaired) electrons. The molecular weight excluding hydrogens is 277 g/mol. The molecule has 2 atom stereocenters. The van der Waals surface area contributed by atoms with Crippen molar-refractivity contribution in [1.82, 2.24) is 4.90 Å².